The minimum absolute atomic E-state index is 0.0985. The zero-order chi connectivity index (χ0) is 20.9. The van der Waals surface area contributed by atoms with Gasteiger partial charge in [-0.1, -0.05) is 17.7 Å². The van der Waals surface area contributed by atoms with Crippen LogP contribution < -0.4 is 10.0 Å². The number of pyridine rings is 1. The first kappa shape index (κ1) is 20.9. The lowest BCUT2D eigenvalue weighted by atomic mass is 10.2. The molecular formula is C21H21N3O3S2. The van der Waals surface area contributed by atoms with E-state index in [4.69, 9.17) is 0 Å². The van der Waals surface area contributed by atoms with E-state index in [1.54, 1.807) is 30.5 Å². The van der Waals surface area contributed by atoms with Gasteiger partial charge in [0.25, 0.3) is 10.0 Å². The molecule has 3 rings (SSSR count). The van der Waals surface area contributed by atoms with Gasteiger partial charge in [0.15, 0.2) is 0 Å². The fourth-order valence-electron chi connectivity index (χ4n) is 2.47. The largest absolute Gasteiger partial charge is 0.325 e. The standard InChI is InChI=1S/C21H21N3O3S2/c1-15-5-9-19(10-6-15)28-16(2)21(25)23-17-7-11-20(12-8-17)29(26,27)24-18-4-3-13-22-14-18/h3-14,16,24H,1-2H3,(H,23,25)/t16-/m0/s1. The monoisotopic (exact) mass is 427 g/mol. The zero-order valence-electron chi connectivity index (χ0n) is 16.0. The van der Waals surface area contributed by atoms with Gasteiger partial charge < -0.3 is 5.32 Å². The number of benzene rings is 2. The molecule has 0 unspecified atom stereocenters. The maximum Gasteiger partial charge on any atom is 0.261 e. The molecule has 0 spiro atoms. The van der Waals surface area contributed by atoms with Crippen molar-refractivity contribution < 1.29 is 13.2 Å². The lowest BCUT2D eigenvalue weighted by Crippen LogP contribution is -2.22. The van der Waals surface area contributed by atoms with Gasteiger partial charge in [-0.25, -0.2) is 8.42 Å². The summed E-state index contributed by atoms with van der Waals surface area (Å²) < 4.78 is 27.3. The van der Waals surface area contributed by atoms with Crippen LogP contribution >= 0.6 is 11.8 Å². The van der Waals surface area contributed by atoms with Crippen LogP contribution in [0.5, 0.6) is 0 Å². The molecule has 1 heterocycles. The van der Waals surface area contributed by atoms with Gasteiger partial charge >= 0.3 is 0 Å². The molecule has 0 aliphatic rings. The summed E-state index contributed by atoms with van der Waals surface area (Å²) in [6.07, 6.45) is 2.99. The Morgan fingerprint density at radius 1 is 1.00 bits per heavy atom. The maximum absolute atomic E-state index is 12.4. The molecule has 150 valence electrons. The highest BCUT2D eigenvalue weighted by molar-refractivity contribution is 8.00. The van der Waals surface area contributed by atoms with Crippen molar-refractivity contribution in [1.82, 2.24) is 4.98 Å². The Kier molecular flexibility index (Phi) is 6.56. The molecule has 0 aliphatic heterocycles. The smallest absolute Gasteiger partial charge is 0.261 e. The van der Waals surface area contributed by atoms with Gasteiger partial charge in [-0.2, -0.15) is 0 Å². The van der Waals surface area contributed by atoms with Crippen molar-refractivity contribution >= 4 is 39.1 Å². The van der Waals surface area contributed by atoms with E-state index in [-0.39, 0.29) is 16.1 Å². The van der Waals surface area contributed by atoms with E-state index in [0.717, 1.165) is 4.90 Å². The molecule has 29 heavy (non-hydrogen) atoms. The number of rotatable bonds is 7. The van der Waals surface area contributed by atoms with Gasteiger partial charge in [0.05, 0.1) is 22.0 Å². The van der Waals surface area contributed by atoms with Crippen molar-refractivity contribution in [3.05, 3.63) is 78.6 Å². The van der Waals surface area contributed by atoms with Crippen molar-refractivity contribution in [3.8, 4) is 0 Å². The van der Waals surface area contributed by atoms with Gasteiger partial charge in [0.2, 0.25) is 5.91 Å². The second-order valence-electron chi connectivity index (χ2n) is 6.43. The van der Waals surface area contributed by atoms with E-state index < -0.39 is 10.0 Å². The molecule has 2 aromatic carbocycles. The van der Waals surface area contributed by atoms with E-state index in [2.05, 4.69) is 15.0 Å². The Bertz CT molecular complexity index is 1070. The normalized spacial score (nSPS) is 12.2. The molecule has 0 aliphatic carbocycles. The molecule has 2 N–H and O–H groups in total. The van der Waals surface area contributed by atoms with Crippen LogP contribution in [0.15, 0.2) is 82.8 Å². The number of carbonyl (C=O) groups excluding carboxylic acids is 1. The van der Waals surface area contributed by atoms with Crippen LogP contribution in [-0.4, -0.2) is 24.6 Å². The lowest BCUT2D eigenvalue weighted by Gasteiger charge is -2.13. The maximum atomic E-state index is 12.4. The van der Waals surface area contributed by atoms with Gasteiger partial charge in [-0.15, -0.1) is 11.8 Å². The fraction of sp³-hybridized carbons (Fsp3) is 0.143. The summed E-state index contributed by atoms with van der Waals surface area (Å²) in [5, 5.41) is 2.52. The van der Waals surface area contributed by atoms with Crippen molar-refractivity contribution in [1.29, 1.82) is 0 Å². The SMILES string of the molecule is Cc1ccc(S[C@@H](C)C(=O)Nc2ccc(S(=O)(=O)Nc3cccnc3)cc2)cc1. The topological polar surface area (TPSA) is 88.2 Å². The molecule has 1 aromatic heterocycles. The van der Waals surface area contributed by atoms with Crippen molar-refractivity contribution in [3.63, 3.8) is 0 Å². The number of sulfonamides is 1. The van der Waals surface area contributed by atoms with Crippen LogP contribution in [0.25, 0.3) is 0 Å². The Morgan fingerprint density at radius 3 is 2.31 bits per heavy atom. The summed E-state index contributed by atoms with van der Waals surface area (Å²) in [4.78, 5) is 17.4. The highest BCUT2D eigenvalue weighted by Crippen LogP contribution is 2.25. The molecule has 0 fully saturated rings. The molecule has 0 radical (unpaired) electrons. The molecule has 3 aromatic rings. The van der Waals surface area contributed by atoms with E-state index in [1.807, 2.05) is 38.1 Å². The molecular weight excluding hydrogens is 406 g/mol. The third-order valence-electron chi connectivity index (χ3n) is 4.05. The third-order valence-corrected chi connectivity index (χ3v) is 6.56. The number of thioether (sulfide) groups is 1. The average Bonchev–Trinajstić information content (AvgIpc) is 2.70. The number of anilines is 2. The van der Waals surface area contributed by atoms with Gasteiger partial charge in [-0.3, -0.25) is 14.5 Å². The Labute approximate surface area is 174 Å². The highest BCUT2D eigenvalue weighted by Gasteiger charge is 2.17. The van der Waals surface area contributed by atoms with Crippen LogP contribution in [0.1, 0.15) is 12.5 Å². The van der Waals surface area contributed by atoms with Gasteiger partial charge in [0.1, 0.15) is 0 Å². The molecule has 6 nitrogen and oxygen atoms in total. The highest BCUT2D eigenvalue weighted by atomic mass is 32.2. The van der Waals surface area contributed by atoms with Crippen LogP contribution in [0.2, 0.25) is 0 Å². The number of hydrogen-bond acceptors (Lipinski definition) is 5. The van der Waals surface area contributed by atoms with Crippen molar-refractivity contribution in [2.75, 3.05) is 10.0 Å². The predicted molar refractivity (Wildman–Crippen MR) is 117 cm³/mol. The molecule has 0 saturated carbocycles. The Hall–Kier alpha value is -2.84. The summed E-state index contributed by atoms with van der Waals surface area (Å²) in [6, 6.07) is 17.3. The summed E-state index contributed by atoms with van der Waals surface area (Å²) in [7, 11) is -3.73. The number of carbonyl (C=O) groups is 1. The molecule has 1 amide bonds. The van der Waals surface area contributed by atoms with Crippen molar-refractivity contribution in [2.45, 2.75) is 28.9 Å². The fourth-order valence-corrected chi connectivity index (χ4v) is 4.38. The number of aryl methyl sites for hydroxylation is 1. The Morgan fingerprint density at radius 2 is 1.69 bits per heavy atom. The van der Waals surface area contributed by atoms with Crippen LogP contribution in [0.4, 0.5) is 11.4 Å². The lowest BCUT2D eigenvalue weighted by molar-refractivity contribution is -0.115. The van der Waals surface area contributed by atoms with Crippen LogP contribution in [0, 0.1) is 6.92 Å². The molecule has 1 atom stereocenters. The predicted octanol–water partition coefficient (Wildman–Crippen LogP) is 4.31. The summed E-state index contributed by atoms with van der Waals surface area (Å²) in [6.45, 7) is 3.84. The van der Waals surface area contributed by atoms with Crippen LogP contribution in [0.3, 0.4) is 0 Å². The minimum atomic E-state index is -3.73. The number of amides is 1. The molecule has 0 saturated heterocycles. The number of hydrogen-bond donors (Lipinski definition) is 2. The minimum Gasteiger partial charge on any atom is -0.325 e. The van der Waals surface area contributed by atoms with Crippen molar-refractivity contribution in [2.24, 2.45) is 0 Å². The quantitative estimate of drug-likeness (QED) is 0.549. The van der Waals surface area contributed by atoms with E-state index in [1.165, 1.54) is 35.7 Å². The van der Waals surface area contributed by atoms with Crippen LogP contribution in [-0.2, 0) is 14.8 Å². The van der Waals surface area contributed by atoms with E-state index in [0.29, 0.717) is 11.4 Å². The summed E-state index contributed by atoms with van der Waals surface area (Å²) in [5.41, 5.74) is 2.08. The first-order chi connectivity index (χ1) is 13.8. The first-order valence-corrected chi connectivity index (χ1v) is 11.3. The Balaban J connectivity index is 1.62. The van der Waals surface area contributed by atoms with E-state index >= 15 is 0 Å². The van der Waals surface area contributed by atoms with Gasteiger partial charge in [-0.05, 0) is 62.4 Å². The summed E-state index contributed by atoms with van der Waals surface area (Å²) >= 11 is 1.46. The zero-order valence-corrected chi connectivity index (χ0v) is 17.6. The van der Waals surface area contributed by atoms with E-state index in [9.17, 15) is 13.2 Å². The first-order valence-electron chi connectivity index (χ1n) is 8.90. The second-order valence-corrected chi connectivity index (χ2v) is 9.53. The molecule has 8 heteroatoms. The summed E-state index contributed by atoms with van der Waals surface area (Å²) in [5.74, 6) is -0.153. The third kappa shape index (κ3) is 5.82. The number of aromatic nitrogens is 1. The average molecular weight is 428 g/mol. The van der Waals surface area contributed by atoms with Gasteiger partial charge in [0, 0.05) is 16.8 Å². The second kappa shape index (κ2) is 9.11. The molecule has 0 bridgehead atoms. The number of nitrogens with one attached hydrogen (secondary N) is 2. The number of nitrogens with zero attached hydrogens (tertiary/aromatic N) is 1.